The zero-order chi connectivity index (χ0) is 10.7. The van der Waals surface area contributed by atoms with E-state index >= 15 is 0 Å². The molecule has 0 fully saturated rings. The van der Waals surface area contributed by atoms with Gasteiger partial charge in [0.2, 0.25) is 0 Å². The first-order valence-electron chi connectivity index (χ1n) is 4.53. The number of nitrogen functional groups attached to an aromatic ring is 1. The van der Waals surface area contributed by atoms with Crippen LogP contribution >= 0.6 is 11.6 Å². The molecule has 76 valence electrons. The molecule has 0 aliphatic rings. The van der Waals surface area contributed by atoms with Crippen LogP contribution in [0.4, 0.5) is 5.69 Å². The molecule has 0 saturated carbocycles. The fourth-order valence-corrected chi connectivity index (χ4v) is 3.13. The van der Waals surface area contributed by atoms with E-state index in [1.165, 1.54) is 8.92 Å². The van der Waals surface area contributed by atoms with Crippen LogP contribution in [0.2, 0.25) is 5.02 Å². The second-order valence-corrected chi connectivity index (χ2v) is 5.87. The zero-order valence-corrected chi connectivity index (χ0v) is 10.5. The van der Waals surface area contributed by atoms with Crippen LogP contribution < -0.4 is 14.7 Å². The third kappa shape index (κ3) is 2.75. The summed E-state index contributed by atoms with van der Waals surface area (Å²) in [5.41, 5.74) is 6.76. The maximum atomic E-state index is 5.89. The Balaban J connectivity index is 2.22. The Hall–Kier alpha value is -0.951. The minimum atomic E-state index is 0.260. The summed E-state index contributed by atoms with van der Waals surface area (Å²) in [6.07, 6.45) is 0. The van der Waals surface area contributed by atoms with Crippen LogP contribution in [0.3, 0.4) is 0 Å². The van der Waals surface area contributed by atoms with Gasteiger partial charge in [-0.2, -0.15) is 0 Å². The van der Waals surface area contributed by atoms with Crippen molar-refractivity contribution in [1.82, 2.24) is 0 Å². The first-order valence-corrected chi connectivity index (χ1v) is 6.63. The molecule has 15 heavy (non-hydrogen) atoms. The number of hydrogen-bond acceptors (Lipinski definition) is 1. The van der Waals surface area contributed by atoms with E-state index in [0.717, 1.165) is 10.7 Å². The first-order chi connectivity index (χ1) is 7.25. The van der Waals surface area contributed by atoms with E-state index < -0.39 is 0 Å². The second-order valence-electron chi connectivity index (χ2n) is 3.09. The van der Waals surface area contributed by atoms with E-state index in [1.807, 2.05) is 30.3 Å². The summed E-state index contributed by atoms with van der Waals surface area (Å²) in [7, 11) is 0. The predicted molar refractivity (Wildman–Crippen MR) is 67.3 cm³/mol. The minimum absolute atomic E-state index is 0.260. The number of benzene rings is 2. The molecule has 2 aromatic rings. The normalized spacial score (nSPS) is 10.2. The van der Waals surface area contributed by atoms with Gasteiger partial charge in [0.25, 0.3) is 0 Å². The third-order valence-corrected chi connectivity index (χ3v) is 4.52. The number of para-hydroxylation sites is 1. The van der Waals surface area contributed by atoms with E-state index in [-0.39, 0.29) is 15.0 Å². The summed E-state index contributed by atoms with van der Waals surface area (Å²) < 4.78 is 2.50. The van der Waals surface area contributed by atoms with Gasteiger partial charge in [-0.05, 0) is 0 Å². The first kappa shape index (κ1) is 10.6. The molecule has 0 saturated heterocycles. The molecule has 0 spiro atoms. The molecule has 0 aliphatic carbocycles. The second kappa shape index (κ2) is 4.71. The average Bonchev–Trinajstić information content (AvgIpc) is 2.25. The third-order valence-electron chi connectivity index (χ3n) is 1.96. The molecular weight excluding hydrogens is 273 g/mol. The van der Waals surface area contributed by atoms with Gasteiger partial charge in [-0.3, -0.25) is 0 Å². The van der Waals surface area contributed by atoms with Crippen molar-refractivity contribution >= 4 is 41.2 Å². The van der Waals surface area contributed by atoms with Crippen molar-refractivity contribution in [2.45, 2.75) is 0 Å². The van der Waals surface area contributed by atoms with Crippen LogP contribution in [0.5, 0.6) is 0 Å². The fraction of sp³-hybridized carbons (Fsp3) is 0. The van der Waals surface area contributed by atoms with E-state index in [4.69, 9.17) is 17.3 Å². The van der Waals surface area contributed by atoms with Crippen molar-refractivity contribution in [2.75, 3.05) is 5.73 Å². The summed E-state index contributed by atoms with van der Waals surface area (Å²) in [6.45, 7) is 0. The number of anilines is 1. The van der Waals surface area contributed by atoms with Gasteiger partial charge < -0.3 is 0 Å². The van der Waals surface area contributed by atoms with Gasteiger partial charge in [0.1, 0.15) is 0 Å². The Morgan fingerprint density at radius 1 is 0.933 bits per heavy atom. The van der Waals surface area contributed by atoms with Crippen molar-refractivity contribution in [1.29, 1.82) is 0 Å². The summed E-state index contributed by atoms with van der Waals surface area (Å²) in [6, 6.07) is 15.9. The van der Waals surface area contributed by atoms with E-state index in [1.54, 1.807) is 0 Å². The molecule has 0 heterocycles. The maximum absolute atomic E-state index is 5.89. The molecule has 0 aromatic heterocycles. The topological polar surface area (TPSA) is 26.0 Å². The molecule has 0 unspecified atom stereocenters. The summed E-state index contributed by atoms with van der Waals surface area (Å²) in [5, 5.41) is 0.774. The summed E-state index contributed by atoms with van der Waals surface area (Å²) in [4.78, 5) is 0. The van der Waals surface area contributed by atoms with Crippen molar-refractivity contribution in [2.24, 2.45) is 0 Å². The number of halogens is 1. The molecule has 1 nitrogen and oxygen atoms in total. The molecule has 2 N–H and O–H groups in total. The van der Waals surface area contributed by atoms with Gasteiger partial charge in [-0.25, -0.2) is 0 Å². The monoisotopic (exact) mass is 283 g/mol. The Labute approximate surface area is 100 Å². The Morgan fingerprint density at radius 3 is 2.27 bits per heavy atom. The van der Waals surface area contributed by atoms with Crippen LogP contribution in [-0.2, 0) is 0 Å². The van der Waals surface area contributed by atoms with Crippen LogP contribution in [0.15, 0.2) is 48.5 Å². The average molecular weight is 283 g/mol. The Bertz CT molecular complexity index is 453. The molecule has 0 atom stereocenters. The fourth-order valence-electron chi connectivity index (χ4n) is 1.20. The van der Waals surface area contributed by atoms with Gasteiger partial charge in [0, 0.05) is 0 Å². The molecule has 0 aliphatic heterocycles. The molecule has 0 amide bonds. The van der Waals surface area contributed by atoms with Crippen LogP contribution in [0.1, 0.15) is 0 Å². The molecule has 0 radical (unpaired) electrons. The molecule has 3 heteroatoms. The summed E-state index contributed by atoms with van der Waals surface area (Å²) in [5.74, 6) is 0. The quantitative estimate of drug-likeness (QED) is 0.657. The SMILES string of the molecule is Nc1ccccc1[Se]c1ccc(Cl)cc1. The standard InChI is InChI=1S/C12H10ClNSe/c13-9-5-7-10(8-6-9)15-12-4-2-1-3-11(12)14/h1-8H,14H2. The van der Waals surface area contributed by atoms with Gasteiger partial charge in [0.15, 0.2) is 0 Å². The number of hydrogen-bond donors (Lipinski definition) is 1. The predicted octanol–water partition coefficient (Wildman–Crippen LogP) is 1.58. The van der Waals surface area contributed by atoms with Gasteiger partial charge >= 0.3 is 100 Å². The molecule has 0 bridgehead atoms. The van der Waals surface area contributed by atoms with Gasteiger partial charge in [0.05, 0.1) is 0 Å². The Morgan fingerprint density at radius 2 is 1.60 bits per heavy atom. The van der Waals surface area contributed by atoms with E-state index in [9.17, 15) is 0 Å². The molecular formula is C12H10ClNSe. The van der Waals surface area contributed by atoms with Crippen LogP contribution in [0, 0.1) is 0 Å². The zero-order valence-electron chi connectivity index (χ0n) is 7.98. The van der Waals surface area contributed by atoms with Crippen molar-refractivity contribution in [3.63, 3.8) is 0 Å². The Kier molecular flexibility index (Phi) is 3.32. The van der Waals surface area contributed by atoms with Gasteiger partial charge in [-0.1, -0.05) is 0 Å². The van der Waals surface area contributed by atoms with Crippen LogP contribution in [-0.4, -0.2) is 15.0 Å². The molecule has 2 rings (SSSR count). The number of rotatable bonds is 2. The van der Waals surface area contributed by atoms with E-state index in [0.29, 0.717) is 0 Å². The number of nitrogens with two attached hydrogens (primary N) is 1. The van der Waals surface area contributed by atoms with Crippen LogP contribution in [0.25, 0.3) is 0 Å². The van der Waals surface area contributed by atoms with Crippen molar-refractivity contribution in [3.8, 4) is 0 Å². The van der Waals surface area contributed by atoms with Crippen molar-refractivity contribution < 1.29 is 0 Å². The summed E-state index contributed by atoms with van der Waals surface area (Å²) >= 11 is 6.09. The van der Waals surface area contributed by atoms with E-state index in [2.05, 4.69) is 18.2 Å². The molecule has 2 aromatic carbocycles. The van der Waals surface area contributed by atoms with Crippen molar-refractivity contribution in [3.05, 3.63) is 53.6 Å². The van der Waals surface area contributed by atoms with Gasteiger partial charge in [-0.15, -0.1) is 0 Å².